The summed E-state index contributed by atoms with van der Waals surface area (Å²) in [4.78, 5) is 23.3. The van der Waals surface area contributed by atoms with E-state index in [0.717, 1.165) is 12.8 Å². The number of rotatable bonds is 5. The Hall–Kier alpha value is -1.87. The normalized spacial score (nSPS) is 24.5. The van der Waals surface area contributed by atoms with Crippen LogP contribution in [0.4, 0.5) is 0 Å². The molecule has 0 radical (unpaired) electrons. The second kappa shape index (κ2) is 6.80. The second-order valence-electron chi connectivity index (χ2n) is 6.66. The number of carbonyl (C=O) groups excluding carboxylic acids is 1. The average molecular weight is 370 g/mol. The Morgan fingerprint density at radius 2 is 1.96 bits per heavy atom. The monoisotopic (exact) mass is 370 g/mol. The molecule has 1 aromatic heterocycles. The lowest BCUT2D eigenvalue weighted by Gasteiger charge is -2.14. The molecule has 1 aliphatic carbocycles. The number of hydrogen-bond acceptors (Lipinski definition) is 5. The fraction of sp³-hybridized carbons (Fsp3) is 0.625. The van der Waals surface area contributed by atoms with E-state index in [2.05, 4.69) is 5.32 Å². The zero-order valence-electron chi connectivity index (χ0n) is 14.0. The van der Waals surface area contributed by atoms with Crippen molar-refractivity contribution in [3.8, 4) is 0 Å². The number of aliphatic carboxylic acids is 1. The zero-order chi connectivity index (χ0) is 18.2. The summed E-state index contributed by atoms with van der Waals surface area (Å²) >= 11 is 0. The van der Waals surface area contributed by atoms with Gasteiger partial charge in [0.2, 0.25) is 10.0 Å². The van der Waals surface area contributed by atoms with E-state index in [-0.39, 0.29) is 22.5 Å². The molecule has 2 aliphatic rings. The van der Waals surface area contributed by atoms with Crippen molar-refractivity contribution in [3.05, 3.63) is 17.6 Å². The zero-order valence-corrected chi connectivity index (χ0v) is 14.8. The number of furan rings is 1. The minimum atomic E-state index is -3.65. The van der Waals surface area contributed by atoms with E-state index in [0.29, 0.717) is 32.4 Å². The molecule has 2 atom stereocenters. The lowest BCUT2D eigenvalue weighted by molar-refractivity contribution is -0.141. The molecule has 1 aliphatic heterocycles. The molecule has 25 heavy (non-hydrogen) atoms. The molecule has 1 saturated heterocycles. The van der Waals surface area contributed by atoms with E-state index in [1.807, 2.05) is 0 Å². The van der Waals surface area contributed by atoms with Crippen LogP contribution in [0.1, 0.15) is 48.4 Å². The van der Waals surface area contributed by atoms with Gasteiger partial charge in [0.1, 0.15) is 10.7 Å². The minimum absolute atomic E-state index is 0.0226. The Labute approximate surface area is 146 Å². The van der Waals surface area contributed by atoms with Crippen LogP contribution in [0, 0.1) is 12.8 Å². The lowest BCUT2D eigenvalue weighted by Crippen LogP contribution is -2.33. The highest BCUT2D eigenvalue weighted by molar-refractivity contribution is 7.89. The first-order chi connectivity index (χ1) is 11.8. The van der Waals surface area contributed by atoms with Crippen molar-refractivity contribution in [3.63, 3.8) is 0 Å². The highest BCUT2D eigenvalue weighted by Gasteiger charge is 2.34. The third-order valence-corrected chi connectivity index (χ3v) is 6.90. The molecule has 0 aromatic carbocycles. The number of aryl methyl sites for hydroxylation is 1. The van der Waals surface area contributed by atoms with Crippen LogP contribution in [0.5, 0.6) is 0 Å². The van der Waals surface area contributed by atoms with Gasteiger partial charge in [0.05, 0.1) is 5.92 Å². The predicted molar refractivity (Wildman–Crippen MR) is 87.7 cm³/mol. The number of hydrogen-bond donors (Lipinski definition) is 2. The topological polar surface area (TPSA) is 117 Å². The van der Waals surface area contributed by atoms with Gasteiger partial charge in [-0.2, -0.15) is 4.31 Å². The summed E-state index contributed by atoms with van der Waals surface area (Å²) in [5.41, 5.74) is 0. The van der Waals surface area contributed by atoms with Gasteiger partial charge in [-0.3, -0.25) is 9.59 Å². The maximum atomic E-state index is 12.6. The lowest BCUT2D eigenvalue weighted by atomic mass is 10.1. The SMILES string of the molecule is Cc1oc(C(=O)N[C@@H]2CC[C@H](C(=O)O)C2)cc1S(=O)(=O)N1CCCC1. The van der Waals surface area contributed by atoms with Crippen molar-refractivity contribution in [2.75, 3.05) is 13.1 Å². The Morgan fingerprint density at radius 3 is 2.56 bits per heavy atom. The number of carbonyl (C=O) groups is 2. The summed E-state index contributed by atoms with van der Waals surface area (Å²) in [5.74, 6) is -1.69. The van der Waals surface area contributed by atoms with Crippen molar-refractivity contribution in [1.82, 2.24) is 9.62 Å². The fourth-order valence-corrected chi connectivity index (χ4v) is 5.17. The third kappa shape index (κ3) is 3.57. The van der Waals surface area contributed by atoms with Gasteiger partial charge in [-0.05, 0) is 39.0 Å². The van der Waals surface area contributed by atoms with Crippen molar-refractivity contribution >= 4 is 21.9 Å². The van der Waals surface area contributed by atoms with Gasteiger partial charge in [-0.25, -0.2) is 8.42 Å². The Morgan fingerprint density at radius 1 is 1.28 bits per heavy atom. The van der Waals surface area contributed by atoms with Crippen LogP contribution in [0.3, 0.4) is 0 Å². The second-order valence-corrected chi connectivity index (χ2v) is 8.57. The maximum Gasteiger partial charge on any atom is 0.306 e. The number of amides is 1. The largest absolute Gasteiger partial charge is 0.481 e. The van der Waals surface area contributed by atoms with Crippen LogP contribution in [0.25, 0.3) is 0 Å². The third-order valence-electron chi connectivity index (χ3n) is 4.90. The molecule has 0 spiro atoms. The first kappa shape index (κ1) is 17.9. The molecule has 1 saturated carbocycles. The fourth-order valence-electron chi connectivity index (χ4n) is 3.49. The number of nitrogens with one attached hydrogen (secondary N) is 1. The minimum Gasteiger partial charge on any atom is -0.481 e. The van der Waals surface area contributed by atoms with Gasteiger partial charge < -0.3 is 14.8 Å². The van der Waals surface area contributed by atoms with Crippen LogP contribution in [-0.4, -0.2) is 48.8 Å². The molecule has 2 fully saturated rings. The average Bonchev–Trinajstić information content (AvgIpc) is 3.27. The van der Waals surface area contributed by atoms with Crippen LogP contribution in [0.15, 0.2) is 15.4 Å². The summed E-state index contributed by atoms with van der Waals surface area (Å²) in [6, 6.07) is 1.03. The molecule has 2 N–H and O–H groups in total. The van der Waals surface area contributed by atoms with Gasteiger partial charge in [0.25, 0.3) is 5.91 Å². The molecule has 138 valence electrons. The van der Waals surface area contributed by atoms with Crippen molar-refractivity contribution in [2.45, 2.75) is 50.0 Å². The van der Waals surface area contributed by atoms with Crippen molar-refractivity contribution in [1.29, 1.82) is 0 Å². The standard InChI is InChI=1S/C16H22N2O6S/c1-10-14(25(22,23)18-6-2-3-7-18)9-13(24-10)15(19)17-12-5-4-11(8-12)16(20)21/h9,11-12H,2-8H2,1H3,(H,17,19)(H,20,21)/t11-,12+/m0/s1. The smallest absolute Gasteiger partial charge is 0.306 e. The number of carboxylic acid groups (broad SMARTS) is 1. The van der Waals surface area contributed by atoms with E-state index in [1.54, 1.807) is 0 Å². The maximum absolute atomic E-state index is 12.6. The molecule has 1 aromatic rings. The summed E-state index contributed by atoms with van der Waals surface area (Å²) in [6.07, 6.45) is 3.14. The van der Waals surface area contributed by atoms with E-state index >= 15 is 0 Å². The molecule has 0 unspecified atom stereocenters. The van der Waals surface area contributed by atoms with Gasteiger partial charge in [0.15, 0.2) is 5.76 Å². The summed E-state index contributed by atoms with van der Waals surface area (Å²) in [7, 11) is -3.65. The molecule has 2 heterocycles. The molecular weight excluding hydrogens is 348 g/mol. The van der Waals surface area contributed by atoms with Crippen LogP contribution in [-0.2, 0) is 14.8 Å². The molecule has 1 amide bonds. The van der Waals surface area contributed by atoms with Crippen LogP contribution in [0.2, 0.25) is 0 Å². The quantitative estimate of drug-likeness (QED) is 0.808. The summed E-state index contributed by atoms with van der Waals surface area (Å²) in [5, 5.41) is 11.7. The molecule has 8 nitrogen and oxygen atoms in total. The summed E-state index contributed by atoms with van der Waals surface area (Å²) in [6.45, 7) is 2.48. The number of nitrogens with zero attached hydrogens (tertiary/aromatic N) is 1. The molecule has 0 bridgehead atoms. The van der Waals surface area contributed by atoms with E-state index in [1.165, 1.54) is 17.3 Å². The van der Waals surface area contributed by atoms with Crippen molar-refractivity contribution < 1.29 is 27.5 Å². The van der Waals surface area contributed by atoms with E-state index in [4.69, 9.17) is 9.52 Å². The molecule has 9 heteroatoms. The van der Waals surface area contributed by atoms with Gasteiger partial charge in [0, 0.05) is 25.2 Å². The number of carboxylic acids is 1. The first-order valence-corrected chi connectivity index (χ1v) is 9.87. The first-order valence-electron chi connectivity index (χ1n) is 8.43. The summed E-state index contributed by atoms with van der Waals surface area (Å²) < 4.78 is 32.0. The highest BCUT2D eigenvalue weighted by atomic mass is 32.2. The predicted octanol–water partition coefficient (Wildman–Crippen LogP) is 1.36. The highest BCUT2D eigenvalue weighted by Crippen LogP contribution is 2.28. The Balaban J connectivity index is 1.72. The van der Waals surface area contributed by atoms with Crippen LogP contribution < -0.4 is 5.32 Å². The van der Waals surface area contributed by atoms with E-state index in [9.17, 15) is 18.0 Å². The van der Waals surface area contributed by atoms with Gasteiger partial charge in [-0.15, -0.1) is 0 Å². The molecular formula is C16H22N2O6S. The van der Waals surface area contributed by atoms with E-state index < -0.39 is 27.8 Å². The van der Waals surface area contributed by atoms with Crippen molar-refractivity contribution in [2.24, 2.45) is 5.92 Å². The Bertz CT molecular complexity index is 779. The molecule has 3 rings (SSSR count). The Kier molecular flexibility index (Phi) is 4.88. The van der Waals surface area contributed by atoms with Gasteiger partial charge in [-0.1, -0.05) is 0 Å². The van der Waals surface area contributed by atoms with Gasteiger partial charge >= 0.3 is 5.97 Å². The van der Waals surface area contributed by atoms with Crippen LogP contribution >= 0.6 is 0 Å². The number of sulfonamides is 1.